The highest BCUT2D eigenvalue weighted by atomic mass is 16.6. The van der Waals surface area contributed by atoms with Crippen molar-refractivity contribution >= 4 is 17.9 Å². The van der Waals surface area contributed by atoms with Crippen molar-refractivity contribution in [2.24, 2.45) is 0 Å². The molecular formula is C68H130O6. The van der Waals surface area contributed by atoms with Crippen LogP contribution in [0, 0.1) is 0 Å². The number of unbranched alkanes of at least 4 members (excludes halogenated alkanes) is 50. The first-order valence-corrected chi connectivity index (χ1v) is 33.7. The molecule has 0 saturated heterocycles. The summed E-state index contributed by atoms with van der Waals surface area (Å²) in [6.45, 7) is 6.73. The Balaban J connectivity index is 4.30. The highest BCUT2D eigenvalue weighted by Gasteiger charge is 2.19. The quantitative estimate of drug-likeness (QED) is 0.0261. The van der Waals surface area contributed by atoms with Crippen molar-refractivity contribution in [3.63, 3.8) is 0 Å². The van der Waals surface area contributed by atoms with Gasteiger partial charge in [-0.2, -0.15) is 0 Å². The Morgan fingerprint density at radius 1 is 0.257 bits per heavy atom. The van der Waals surface area contributed by atoms with Crippen molar-refractivity contribution in [1.82, 2.24) is 0 Å². The zero-order chi connectivity index (χ0) is 53.6. The van der Waals surface area contributed by atoms with Gasteiger partial charge in [-0.25, -0.2) is 0 Å². The molecule has 0 heterocycles. The van der Waals surface area contributed by atoms with Crippen LogP contribution >= 0.6 is 0 Å². The van der Waals surface area contributed by atoms with Gasteiger partial charge in [0.1, 0.15) is 13.2 Å². The summed E-state index contributed by atoms with van der Waals surface area (Å²) >= 11 is 0. The van der Waals surface area contributed by atoms with Crippen LogP contribution in [0.25, 0.3) is 0 Å². The van der Waals surface area contributed by atoms with E-state index in [1.54, 1.807) is 0 Å². The van der Waals surface area contributed by atoms with Crippen LogP contribution < -0.4 is 0 Å². The molecule has 0 aliphatic heterocycles. The summed E-state index contributed by atoms with van der Waals surface area (Å²) in [5.41, 5.74) is 0. The van der Waals surface area contributed by atoms with Crippen LogP contribution in [0.5, 0.6) is 0 Å². The Morgan fingerprint density at radius 3 is 0.676 bits per heavy atom. The Labute approximate surface area is 462 Å². The van der Waals surface area contributed by atoms with Gasteiger partial charge in [0.05, 0.1) is 0 Å². The SMILES string of the molecule is CCCCCCCCCC/C=C\CCCCCCCCCC(=O)OCC(COC(=O)CCCCCCCCCCCCCCCCCCCC)OC(=O)CCCCCCCCCCCCCCCCCCCCC. The minimum atomic E-state index is -0.768. The number of hydrogen-bond donors (Lipinski definition) is 0. The van der Waals surface area contributed by atoms with E-state index in [1.807, 2.05) is 0 Å². The van der Waals surface area contributed by atoms with Crippen LogP contribution in [-0.2, 0) is 28.6 Å². The van der Waals surface area contributed by atoms with Crippen LogP contribution in [0.4, 0.5) is 0 Å². The Morgan fingerprint density at radius 2 is 0.446 bits per heavy atom. The predicted octanol–water partition coefficient (Wildman–Crippen LogP) is 22.8. The van der Waals surface area contributed by atoms with Crippen molar-refractivity contribution in [1.29, 1.82) is 0 Å². The smallest absolute Gasteiger partial charge is 0.306 e. The van der Waals surface area contributed by atoms with E-state index in [0.717, 1.165) is 57.8 Å². The normalized spacial score (nSPS) is 12.0. The molecule has 74 heavy (non-hydrogen) atoms. The van der Waals surface area contributed by atoms with Gasteiger partial charge in [0.2, 0.25) is 0 Å². The van der Waals surface area contributed by atoms with Gasteiger partial charge in [0.15, 0.2) is 6.10 Å². The Kier molecular flexibility index (Phi) is 62.1. The van der Waals surface area contributed by atoms with Crippen LogP contribution in [0.2, 0.25) is 0 Å². The highest BCUT2D eigenvalue weighted by molar-refractivity contribution is 5.71. The van der Waals surface area contributed by atoms with E-state index >= 15 is 0 Å². The molecule has 0 aromatic carbocycles. The topological polar surface area (TPSA) is 78.9 Å². The lowest BCUT2D eigenvalue weighted by Crippen LogP contribution is -2.30. The molecule has 0 saturated carbocycles. The molecule has 0 aliphatic carbocycles. The largest absolute Gasteiger partial charge is 0.462 e. The molecule has 0 aromatic rings. The highest BCUT2D eigenvalue weighted by Crippen LogP contribution is 2.18. The first-order valence-electron chi connectivity index (χ1n) is 33.7. The molecule has 0 N–H and O–H groups in total. The van der Waals surface area contributed by atoms with Gasteiger partial charge < -0.3 is 14.2 Å². The number of allylic oxidation sites excluding steroid dienone is 2. The number of ether oxygens (including phenoxy) is 3. The summed E-state index contributed by atoms with van der Waals surface area (Å²) in [6.07, 6.45) is 75.1. The molecule has 0 aromatic heterocycles. The van der Waals surface area contributed by atoms with E-state index < -0.39 is 6.10 Å². The summed E-state index contributed by atoms with van der Waals surface area (Å²) in [5.74, 6) is -0.834. The lowest BCUT2D eigenvalue weighted by Gasteiger charge is -2.18. The zero-order valence-corrected chi connectivity index (χ0v) is 50.4. The fraction of sp³-hybridized carbons (Fsp3) is 0.926. The molecular weight excluding hydrogens is 913 g/mol. The molecule has 1 atom stereocenters. The molecule has 0 spiro atoms. The first-order chi connectivity index (χ1) is 36.5. The van der Waals surface area contributed by atoms with Crippen LogP contribution in [0.3, 0.4) is 0 Å². The molecule has 6 heteroatoms. The van der Waals surface area contributed by atoms with Gasteiger partial charge in [-0.3, -0.25) is 14.4 Å². The fourth-order valence-electron chi connectivity index (χ4n) is 10.4. The fourth-order valence-corrected chi connectivity index (χ4v) is 10.4. The van der Waals surface area contributed by atoms with Crippen molar-refractivity contribution in [3.05, 3.63) is 12.2 Å². The molecule has 0 radical (unpaired) electrons. The van der Waals surface area contributed by atoms with Crippen LogP contribution in [0.1, 0.15) is 387 Å². The summed E-state index contributed by atoms with van der Waals surface area (Å²) in [4.78, 5) is 38.4. The zero-order valence-electron chi connectivity index (χ0n) is 50.4. The summed E-state index contributed by atoms with van der Waals surface area (Å²) in [6, 6.07) is 0. The number of hydrogen-bond acceptors (Lipinski definition) is 6. The molecule has 0 rings (SSSR count). The molecule has 0 aliphatic rings. The maximum Gasteiger partial charge on any atom is 0.306 e. The van der Waals surface area contributed by atoms with Crippen molar-refractivity contribution in [3.8, 4) is 0 Å². The van der Waals surface area contributed by atoms with E-state index in [1.165, 1.54) is 289 Å². The predicted molar refractivity (Wildman–Crippen MR) is 321 cm³/mol. The van der Waals surface area contributed by atoms with Gasteiger partial charge >= 0.3 is 17.9 Å². The van der Waals surface area contributed by atoms with Crippen LogP contribution in [0.15, 0.2) is 12.2 Å². The van der Waals surface area contributed by atoms with E-state index in [9.17, 15) is 14.4 Å². The molecule has 0 amide bonds. The third kappa shape index (κ3) is 61.0. The molecule has 438 valence electrons. The van der Waals surface area contributed by atoms with E-state index in [0.29, 0.717) is 19.3 Å². The minimum Gasteiger partial charge on any atom is -0.462 e. The van der Waals surface area contributed by atoms with Crippen molar-refractivity contribution in [2.45, 2.75) is 393 Å². The lowest BCUT2D eigenvalue weighted by molar-refractivity contribution is -0.167. The third-order valence-electron chi connectivity index (χ3n) is 15.5. The number of carbonyl (C=O) groups is 3. The second-order valence-corrected chi connectivity index (χ2v) is 23.1. The number of carbonyl (C=O) groups excluding carboxylic acids is 3. The van der Waals surface area contributed by atoms with Gasteiger partial charge in [0.25, 0.3) is 0 Å². The summed E-state index contributed by atoms with van der Waals surface area (Å²) in [7, 11) is 0. The second kappa shape index (κ2) is 63.7. The standard InChI is InChI=1S/C68H130O6/c1-4-7-10-13-16-19-22-25-28-31-34-37-40-43-46-49-52-55-58-61-67(70)73-64-65(63-72-66(69)60-57-54-51-48-45-42-39-36-33-30-27-24-21-18-15-12-9-6-3)74-68(71)62-59-56-53-50-47-44-41-38-35-32-29-26-23-20-17-14-11-8-5-2/h31,34,65H,4-30,32-33,35-64H2,1-3H3/b34-31-. The monoisotopic (exact) mass is 1040 g/mol. The van der Waals surface area contributed by atoms with Gasteiger partial charge in [-0.05, 0) is 44.9 Å². The molecule has 0 bridgehead atoms. The molecule has 1 unspecified atom stereocenters. The number of rotatable bonds is 63. The maximum atomic E-state index is 12.9. The van der Waals surface area contributed by atoms with Gasteiger partial charge in [-0.1, -0.05) is 335 Å². The third-order valence-corrected chi connectivity index (χ3v) is 15.5. The van der Waals surface area contributed by atoms with Crippen LogP contribution in [-0.4, -0.2) is 37.2 Å². The Bertz CT molecular complexity index is 1150. The Hall–Kier alpha value is -1.85. The maximum absolute atomic E-state index is 12.9. The van der Waals surface area contributed by atoms with Crippen molar-refractivity contribution in [2.75, 3.05) is 13.2 Å². The number of esters is 3. The molecule has 0 fully saturated rings. The van der Waals surface area contributed by atoms with E-state index in [2.05, 4.69) is 32.9 Å². The average Bonchev–Trinajstić information content (AvgIpc) is 3.40. The first kappa shape index (κ1) is 72.2. The van der Waals surface area contributed by atoms with Crippen molar-refractivity contribution < 1.29 is 28.6 Å². The average molecular weight is 1040 g/mol. The second-order valence-electron chi connectivity index (χ2n) is 23.1. The molecule has 6 nitrogen and oxygen atoms in total. The van der Waals surface area contributed by atoms with Gasteiger partial charge in [0, 0.05) is 19.3 Å². The summed E-state index contributed by atoms with van der Waals surface area (Å²) in [5, 5.41) is 0. The minimum absolute atomic E-state index is 0.0643. The van der Waals surface area contributed by atoms with E-state index in [4.69, 9.17) is 14.2 Å². The van der Waals surface area contributed by atoms with E-state index in [-0.39, 0.29) is 31.1 Å². The van der Waals surface area contributed by atoms with Gasteiger partial charge in [-0.15, -0.1) is 0 Å². The summed E-state index contributed by atoms with van der Waals surface area (Å²) < 4.78 is 17.0. The lowest BCUT2D eigenvalue weighted by atomic mass is 10.0.